The molecule has 0 spiro atoms. The fraction of sp³-hybridized carbons (Fsp3) is 0.812. The molecule has 5 nitrogen and oxygen atoms in total. The van der Waals surface area contributed by atoms with Crippen molar-refractivity contribution in [2.45, 2.75) is 38.8 Å². The van der Waals surface area contributed by atoms with Crippen LogP contribution >= 0.6 is 0 Å². The fourth-order valence-corrected chi connectivity index (χ4v) is 3.39. The van der Waals surface area contributed by atoms with E-state index in [4.69, 9.17) is 0 Å². The van der Waals surface area contributed by atoms with Gasteiger partial charge in [0.05, 0.1) is 5.69 Å². The van der Waals surface area contributed by atoms with Crippen LogP contribution in [-0.4, -0.2) is 77.3 Å². The van der Waals surface area contributed by atoms with E-state index < -0.39 is 0 Å². The Kier molecular flexibility index (Phi) is 4.08. The van der Waals surface area contributed by atoms with Crippen molar-refractivity contribution in [2.24, 2.45) is 0 Å². The van der Waals surface area contributed by atoms with Crippen molar-refractivity contribution in [3.8, 4) is 0 Å². The van der Waals surface area contributed by atoms with Gasteiger partial charge in [0, 0.05) is 63.0 Å². The largest absolute Gasteiger partial charge is 0.303 e. The van der Waals surface area contributed by atoms with Crippen molar-refractivity contribution in [3.63, 3.8) is 0 Å². The molecule has 0 aromatic carbocycles. The summed E-state index contributed by atoms with van der Waals surface area (Å²) in [6.45, 7) is 14.8. The first-order valence-corrected chi connectivity index (χ1v) is 8.11. The second-order valence-electron chi connectivity index (χ2n) is 7.72. The molecule has 3 heterocycles. The molecule has 1 aromatic rings. The van der Waals surface area contributed by atoms with Crippen LogP contribution in [0.4, 0.5) is 0 Å². The van der Waals surface area contributed by atoms with Crippen LogP contribution in [0.2, 0.25) is 0 Å². The first kappa shape index (κ1) is 15.0. The maximum absolute atomic E-state index is 4.48. The van der Waals surface area contributed by atoms with Gasteiger partial charge in [0.15, 0.2) is 0 Å². The number of H-pyrrole nitrogens is 1. The number of piperazine rings is 2. The van der Waals surface area contributed by atoms with Crippen LogP contribution < -0.4 is 0 Å². The summed E-state index contributed by atoms with van der Waals surface area (Å²) in [5.74, 6) is 0. The third-order valence-electron chi connectivity index (χ3n) is 4.77. The number of hydrogen-bond acceptors (Lipinski definition) is 4. The highest BCUT2D eigenvalue weighted by atomic mass is 15.3. The van der Waals surface area contributed by atoms with Crippen LogP contribution in [0.3, 0.4) is 0 Å². The Labute approximate surface area is 128 Å². The van der Waals surface area contributed by atoms with Gasteiger partial charge in [-0.1, -0.05) is 20.8 Å². The third kappa shape index (κ3) is 3.47. The Morgan fingerprint density at radius 3 is 2.67 bits per heavy atom. The van der Waals surface area contributed by atoms with Crippen LogP contribution in [0.5, 0.6) is 0 Å². The number of hydrogen-bond donors (Lipinski definition) is 1. The topological polar surface area (TPSA) is 38.4 Å². The number of nitrogens with zero attached hydrogens (tertiary/aromatic N) is 4. The molecule has 2 saturated heterocycles. The molecule has 5 heteroatoms. The van der Waals surface area contributed by atoms with E-state index in [-0.39, 0.29) is 5.41 Å². The van der Waals surface area contributed by atoms with E-state index in [1.807, 2.05) is 0 Å². The number of aromatic nitrogens is 2. The van der Waals surface area contributed by atoms with Gasteiger partial charge in [-0.2, -0.15) is 5.10 Å². The van der Waals surface area contributed by atoms with Gasteiger partial charge in [-0.25, -0.2) is 0 Å². The Morgan fingerprint density at radius 2 is 1.95 bits per heavy atom. The minimum atomic E-state index is 0.125. The second kappa shape index (κ2) is 5.71. The minimum absolute atomic E-state index is 0.125. The molecule has 0 radical (unpaired) electrons. The smallest absolute Gasteiger partial charge is 0.0678 e. The predicted octanol–water partition coefficient (Wildman–Crippen LogP) is 1.14. The highest BCUT2D eigenvalue weighted by Gasteiger charge is 2.31. The highest BCUT2D eigenvalue weighted by molar-refractivity contribution is 5.16. The molecule has 2 aliphatic rings. The van der Waals surface area contributed by atoms with Crippen molar-refractivity contribution in [3.05, 3.63) is 17.5 Å². The van der Waals surface area contributed by atoms with Gasteiger partial charge in [0.1, 0.15) is 0 Å². The zero-order valence-electron chi connectivity index (χ0n) is 13.9. The van der Waals surface area contributed by atoms with Gasteiger partial charge in [-0.05, 0) is 13.1 Å². The third-order valence-corrected chi connectivity index (χ3v) is 4.77. The lowest BCUT2D eigenvalue weighted by Gasteiger charge is -2.46. The summed E-state index contributed by atoms with van der Waals surface area (Å²) in [4.78, 5) is 7.68. The first-order chi connectivity index (χ1) is 9.91. The lowest BCUT2D eigenvalue weighted by Crippen LogP contribution is -2.61. The molecule has 1 aromatic heterocycles. The fourth-order valence-electron chi connectivity index (χ4n) is 3.39. The lowest BCUT2D eigenvalue weighted by atomic mass is 9.92. The molecule has 0 amide bonds. The Morgan fingerprint density at radius 1 is 1.19 bits per heavy atom. The van der Waals surface area contributed by atoms with Crippen LogP contribution in [0, 0.1) is 0 Å². The average Bonchev–Trinajstić information content (AvgIpc) is 2.86. The van der Waals surface area contributed by atoms with Gasteiger partial charge in [-0.3, -0.25) is 14.9 Å². The Hall–Kier alpha value is -0.910. The van der Waals surface area contributed by atoms with E-state index in [2.05, 4.69) is 58.8 Å². The molecule has 1 N–H and O–H groups in total. The molecule has 0 saturated carbocycles. The number of rotatable bonds is 2. The molecular weight excluding hydrogens is 262 g/mol. The average molecular weight is 291 g/mol. The molecule has 2 fully saturated rings. The van der Waals surface area contributed by atoms with Crippen molar-refractivity contribution in [1.82, 2.24) is 24.9 Å². The summed E-state index contributed by atoms with van der Waals surface area (Å²) in [5, 5.41) is 7.70. The van der Waals surface area contributed by atoms with E-state index in [1.54, 1.807) is 0 Å². The Bertz CT molecular complexity index is 475. The van der Waals surface area contributed by atoms with Gasteiger partial charge in [0.2, 0.25) is 0 Å². The summed E-state index contributed by atoms with van der Waals surface area (Å²) in [7, 11) is 2.24. The molecule has 0 unspecified atom stereocenters. The second-order valence-corrected chi connectivity index (χ2v) is 7.72. The van der Waals surface area contributed by atoms with Gasteiger partial charge >= 0.3 is 0 Å². The maximum atomic E-state index is 4.48. The van der Waals surface area contributed by atoms with Crippen LogP contribution in [0.25, 0.3) is 0 Å². The lowest BCUT2D eigenvalue weighted by molar-refractivity contribution is 0.0171. The van der Waals surface area contributed by atoms with E-state index >= 15 is 0 Å². The molecule has 1 atom stereocenters. The summed E-state index contributed by atoms with van der Waals surface area (Å²) in [6.07, 6.45) is 0. The molecule has 0 bridgehead atoms. The quantitative estimate of drug-likeness (QED) is 0.887. The number of aromatic amines is 1. The van der Waals surface area contributed by atoms with E-state index in [0.717, 1.165) is 12.2 Å². The van der Waals surface area contributed by atoms with Gasteiger partial charge < -0.3 is 4.90 Å². The molecule has 0 aliphatic carbocycles. The zero-order valence-corrected chi connectivity index (χ0v) is 13.9. The molecule has 2 aliphatic heterocycles. The van der Waals surface area contributed by atoms with Crippen molar-refractivity contribution in [1.29, 1.82) is 0 Å². The van der Waals surface area contributed by atoms with E-state index in [0.29, 0.717) is 6.04 Å². The number of likely N-dealkylation sites (N-methyl/N-ethyl adjacent to an activating group) is 1. The van der Waals surface area contributed by atoms with Crippen molar-refractivity contribution in [2.75, 3.05) is 46.3 Å². The summed E-state index contributed by atoms with van der Waals surface area (Å²) in [6, 6.07) is 2.93. The summed E-state index contributed by atoms with van der Waals surface area (Å²) in [5.41, 5.74) is 2.53. The standard InChI is InChI=1S/C16H29N5/c1-16(2,3)15-9-13(17-18-15)10-20-6-8-21-7-5-19(4)11-14(21)12-20/h9,14H,5-8,10-12H2,1-4H3,(H,17,18)/t14-/m1/s1. The van der Waals surface area contributed by atoms with Crippen molar-refractivity contribution < 1.29 is 0 Å². The molecule has 21 heavy (non-hydrogen) atoms. The normalized spacial score (nSPS) is 26.0. The van der Waals surface area contributed by atoms with E-state index in [9.17, 15) is 0 Å². The molecule has 3 rings (SSSR count). The highest BCUT2D eigenvalue weighted by Crippen LogP contribution is 2.21. The molecule has 118 valence electrons. The van der Waals surface area contributed by atoms with E-state index in [1.165, 1.54) is 45.0 Å². The van der Waals surface area contributed by atoms with Gasteiger partial charge in [-0.15, -0.1) is 0 Å². The summed E-state index contributed by atoms with van der Waals surface area (Å²) < 4.78 is 0. The zero-order chi connectivity index (χ0) is 15.0. The van der Waals surface area contributed by atoms with Gasteiger partial charge in [0.25, 0.3) is 0 Å². The SMILES string of the molecule is CN1CCN2CCN(Cc3cc(C(C)(C)C)n[nH]3)C[C@H]2C1. The maximum Gasteiger partial charge on any atom is 0.0678 e. The number of fused-ring (bicyclic) bond motifs is 1. The number of nitrogens with one attached hydrogen (secondary N) is 1. The first-order valence-electron chi connectivity index (χ1n) is 8.11. The Balaban J connectivity index is 1.60. The predicted molar refractivity (Wildman–Crippen MR) is 85.4 cm³/mol. The van der Waals surface area contributed by atoms with Crippen LogP contribution in [0.15, 0.2) is 6.07 Å². The minimum Gasteiger partial charge on any atom is -0.303 e. The van der Waals surface area contributed by atoms with Crippen LogP contribution in [-0.2, 0) is 12.0 Å². The van der Waals surface area contributed by atoms with Crippen molar-refractivity contribution >= 4 is 0 Å². The summed E-state index contributed by atoms with van der Waals surface area (Å²) >= 11 is 0. The van der Waals surface area contributed by atoms with Crippen LogP contribution in [0.1, 0.15) is 32.2 Å². The monoisotopic (exact) mass is 291 g/mol. The molecular formula is C16H29N5.